The Balaban J connectivity index is 1.96. The van der Waals surface area contributed by atoms with Crippen molar-refractivity contribution in [2.24, 2.45) is 5.92 Å². The summed E-state index contributed by atoms with van der Waals surface area (Å²) < 4.78 is 16.2. The summed E-state index contributed by atoms with van der Waals surface area (Å²) in [6, 6.07) is 0. The molecule has 3 unspecified atom stereocenters. The van der Waals surface area contributed by atoms with Gasteiger partial charge >= 0.3 is 0 Å². The zero-order valence-electron chi connectivity index (χ0n) is 10.9. The molecule has 96 valence electrons. The Bertz CT molecular complexity index is 174. The zero-order chi connectivity index (χ0) is 11.8. The van der Waals surface area contributed by atoms with Gasteiger partial charge < -0.3 is 13.9 Å². The number of epoxide rings is 1. The Morgan fingerprint density at radius 1 is 1.44 bits per heavy atom. The van der Waals surface area contributed by atoms with E-state index >= 15 is 0 Å². The first kappa shape index (κ1) is 14.2. The lowest BCUT2D eigenvalue weighted by Crippen LogP contribution is -2.21. The third-order valence-electron chi connectivity index (χ3n) is 3.16. The van der Waals surface area contributed by atoms with Gasteiger partial charge in [0.05, 0.1) is 13.2 Å². The number of hydrogen-bond acceptors (Lipinski definition) is 3. The highest BCUT2D eigenvalue weighted by Crippen LogP contribution is 2.18. The van der Waals surface area contributed by atoms with E-state index in [2.05, 4.69) is 13.8 Å². The molecule has 3 atom stereocenters. The molecule has 4 heteroatoms. The van der Waals surface area contributed by atoms with E-state index in [9.17, 15) is 0 Å². The molecule has 3 nitrogen and oxygen atoms in total. The van der Waals surface area contributed by atoms with Crippen LogP contribution in [-0.4, -0.2) is 42.5 Å². The predicted molar refractivity (Wildman–Crippen MR) is 68.7 cm³/mol. The minimum Gasteiger partial charge on any atom is -0.425 e. The van der Waals surface area contributed by atoms with Gasteiger partial charge in [-0.05, 0) is 25.2 Å². The van der Waals surface area contributed by atoms with Crippen LogP contribution in [0.5, 0.6) is 0 Å². The molecule has 1 aliphatic heterocycles. The van der Waals surface area contributed by atoms with Crippen molar-refractivity contribution < 1.29 is 13.9 Å². The summed E-state index contributed by atoms with van der Waals surface area (Å²) in [5.74, 6) is 0.665. The normalized spacial score (nSPS) is 23.2. The van der Waals surface area contributed by atoms with Gasteiger partial charge in [0, 0.05) is 12.7 Å². The van der Waals surface area contributed by atoms with Crippen LogP contribution in [0.4, 0.5) is 0 Å². The molecular formula is C12H26O3Si. The first-order chi connectivity index (χ1) is 7.77. The van der Waals surface area contributed by atoms with Crippen molar-refractivity contribution in [3.8, 4) is 0 Å². The SMILES string of the molecule is CCCC(O[SiH3])C(C)CCCOCC1CO1. The van der Waals surface area contributed by atoms with Crippen LogP contribution in [0.25, 0.3) is 0 Å². The Hall–Kier alpha value is 0.0969. The summed E-state index contributed by atoms with van der Waals surface area (Å²) in [4.78, 5) is 0. The van der Waals surface area contributed by atoms with Crippen LogP contribution < -0.4 is 0 Å². The zero-order valence-corrected chi connectivity index (χ0v) is 12.9. The molecule has 0 radical (unpaired) electrons. The molecule has 0 bridgehead atoms. The Kier molecular flexibility index (Phi) is 7.28. The number of hydrogen-bond donors (Lipinski definition) is 0. The van der Waals surface area contributed by atoms with Gasteiger partial charge in [0.1, 0.15) is 16.6 Å². The lowest BCUT2D eigenvalue weighted by Gasteiger charge is -2.22. The average molecular weight is 246 g/mol. The van der Waals surface area contributed by atoms with E-state index in [0.717, 1.165) is 36.7 Å². The predicted octanol–water partition coefficient (Wildman–Crippen LogP) is 1.28. The fourth-order valence-electron chi connectivity index (χ4n) is 1.99. The lowest BCUT2D eigenvalue weighted by molar-refractivity contribution is 0.0965. The second-order valence-electron chi connectivity index (χ2n) is 4.71. The standard InChI is InChI=1S/C12H26O3Si/c1-3-5-12(15-16)10(2)6-4-7-13-8-11-9-14-11/h10-12H,3-9H2,1-2,16H3. The monoisotopic (exact) mass is 246 g/mol. The van der Waals surface area contributed by atoms with E-state index < -0.39 is 0 Å². The molecule has 0 aromatic carbocycles. The molecule has 0 saturated carbocycles. The maximum Gasteiger partial charge on any atom is 0.146 e. The van der Waals surface area contributed by atoms with Crippen molar-refractivity contribution in [3.63, 3.8) is 0 Å². The molecule has 1 heterocycles. The molecule has 0 spiro atoms. The highest BCUT2D eigenvalue weighted by molar-refractivity contribution is 5.98. The molecule has 0 amide bonds. The van der Waals surface area contributed by atoms with Gasteiger partial charge in [-0.15, -0.1) is 0 Å². The van der Waals surface area contributed by atoms with Crippen LogP contribution in [0.2, 0.25) is 0 Å². The summed E-state index contributed by atoms with van der Waals surface area (Å²) in [5, 5.41) is 0. The Morgan fingerprint density at radius 2 is 2.19 bits per heavy atom. The molecule has 0 N–H and O–H groups in total. The van der Waals surface area contributed by atoms with Gasteiger partial charge in [0.15, 0.2) is 0 Å². The summed E-state index contributed by atoms with van der Waals surface area (Å²) in [6.07, 6.45) is 5.63. The molecule has 0 aromatic heterocycles. The average Bonchev–Trinajstić information content (AvgIpc) is 3.09. The third kappa shape index (κ3) is 5.99. The van der Waals surface area contributed by atoms with Crippen LogP contribution >= 0.6 is 0 Å². The van der Waals surface area contributed by atoms with Crippen molar-refractivity contribution in [2.45, 2.75) is 51.7 Å². The van der Waals surface area contributed by atoms with Gasteiger partial charge in [0.25, 0.3) is 0 Å². The maximum absolute atomic E-state index is 5.64. The van der Waals surface area contributed by atoms with E-state index in [0.29, 0.717) is 18.1 Å². The second-order valence-corrected chi connectivity index (χ2v) is 5.18. The topological polar surface area (TPSA) is 31.0 Å². The minimum atomic E-state index is 0.398. The Labute approximate surface area is 102 Å². The largest absolute Gasteiger partial charge is 0.425 e. The van der Waals surface area contributed by atoms with E-state index in [4.69, 9.17) is 13.9 Å². The molecule has 1 saturated heterocycles. The van der Waals surface area contributed by atoms with Gasteiger partial charge in [0.2, 0.25) is 0 Å². The Morgan fingerprint density at radius 3 is 2.75 bits per heavy atom. The fraction of sp³-hybridized carbons (Fsp3) is 1.00. The van der Waals surface area contributed by atoms with Crippen molar-refractivity contribution in [2.75, 3.05) is 19.8 Å². The lowest BCUT2D eigenvalue weighted by atomic mass is 9.96. The van der Waals surface area contributed by atoms with Crippen LogP contribution in [0, 0.1) is 5.92 Å². The van der Waals surface area contributed by atoms with Crippen LogP contribution in [0.3, 0.4) is 0 Å². The quantitative estimate of drug-likeness (QED) is 0.331. The molecule has 1 rings (SSSR count). The molecule has 16 heavy (non-hydrogen) atoms. The van der Waals surface area contributed by atoms with Crippen molar-refractivity contribution in [3.05, 3.63) is 0 Å². The summed E-state index contributed by atoms with van der Waals surface area (Å²) in [6.45, 7) is 7.05. The summed E-state index contributed by atoms with van der Waals surface area (Å²) >= 11 is 0. The molecule has 0 aromatic rings. The minimum absolute atomic E-state index is 0.398. The van der Waals surface area contributed by atoms with Crippen LogP contribution in [0.1, 0.15) is 39.5 Å². The van der Waals surface area contributed by atoms with Crippen LogP contribution in [-0.2, 0) is 13.9 Å². The van der Waals surface area contributed by atoms with Gasteiger partial charge in [-0.25, -0.2) is 0 Å². The van der Waals surface area contributed by atoms with Gasteiger partial charge in [-0.3, -0.25) is 0 Å². The second kappa shape index (κ2) is 8.23. The van der Waals surface area contributed by atoms with E-state index in [-0.39, 0.29) is 0 Å². The molecular weight excluding hydrogens is 220 g/mol. The highest BCUT2D eigenvalue weighted by Gasteiger charge is 2.22. The maximum atomic E-state index is 5.64. The number of rotatable bonds is 10. The van der Waals surface area contributed by atoms with E-state index in [1.54, 1.807) is 0 Å². The van der Waals surface area contributed by atoms with Crippen LogP contribution in [0.15, 0.2) is 0 Å². The van der Waals surface area contributed by atoms with E-state index in [1.165, 1.54) is 19.3 Å². The molecule has 1 aliphatic rings. The van der Waals surface area contributed by atoms with E-state index in [1.807, 2.05) is 0 Å². The van der Waals surface area contributed by atoms with Crippen molar-refractivity contribution >= 4 is 10.5 Å². The highest BCUT2D eigenvalue weighted by atomic mass is 28.2. The van der Waals surface area contributed by atoms with Crippen molar-refractivity contribution in [1.29, 1.82) is 0 Å². The first-order valence-corrected chi connectivity index (χ1v) is 7.31. The van der Waals surface area contributed by atoms with Crippen molar-refractivity contribution in [1.82, 2.24) is 0 Å². The summed E-state index contributed by atoms with van der Waals surface area (Å²) in [7, 11) is 0.852. The van der Waals surface area contributed by atoms with Gasteiger partial charge in [-0.1, -0.05) is 20.3 Å². The fourth-order valence-corrected chi connectivity index (χ4v) is 2.69. The smallest absolute Gasteiger partial charge is 0.146 e. The molecule has 1 fully saturated rings. The number of ether oxygens (including phenoxy) is 2. The first-order valence-electron chi connectivity index (χ1n) is 6.50. The third-order valence-corrected chi connectivity index (χ3v) is 3.77. The summed E-state index contributed by atoms with van der Waals surface area (Å²) in [5.41, 5.74) is 0. The molecule has 0 aliphatic carbocycles. The van der Waals surface area contributed by atoms with Gasteiger partial charge in [-0.2, -0.15) is 0 Å².